The number of hydrogen-bond acceptors (Lipinski definition) is 3. The second kappa shape index (κ2) is 4.11. The number of benzene rings is 2. The van der Waals surface area contributed by atoms with Gasteiger partial charge in [-0.1, -0.05) is 48.5 Å². The van der Waals surface area contributed by atoms with Crippen molar-refractivity contribution in [3.8, 4) is 0 Å². The van der Waals surface area contributed by atoms with Crippen molar-refractivity contribution in [2.45, 2.75) is 6.10 Å². The molecule has 0 aliphatic carbocycles. The number of cyclic esters (lactones) is 1. The zero-order valence-corrected chi connectivity index (χ0v) is 9.50. The number of hydrogen-bond donors (Lipinski definition) is 0. The van der Waals surface area contributed by atoms with Crippen LogP contribution < -0.4 is 0 Å². The second-order valence-electron chi connectivity index (χ2n) is 4.10. The van der Waals surface area contributed by atoms with Gasteiger partial charge < -0.3 is 4.74 Å². The molecular formula is C15H10O3. The van der Waals surface area contributed by atoms with E-state index in [1.807, 2.05) is 6.07 Å². The van der Waals surface area contributed by atoms with Crippen LogP contribution in [0.4, 0.5) is 0 Å². The summed E-state index contributed by atoms with van der Waals surface area (Å²) in [6.45, 7) is 0. The summed E-state index contributed by atoms with van der Waals surface area (Å²) < 4.78 is 5.16. The van der Waals surface area contributed by atoms with Crippen LogP contribution in [0, 0.1) is 0 Å². The number of esters is 1. The molecule has 1 heterocycles. The second-order valence-corrected chi connectivity index (χ2v) is 4.10. The van der Waals surface area contributed by atoms with Crippen LogP contribution in [-0.2, 0) is 4.74 Å². The summed E-state index contributed by atoms with van der Waals surface area (Å²) >= 11 is 0. The smallest absolute Gasteiger partial charge is 0.339 e. The maximum Gasteiger partial charge on any atom is 0.339 e. The Bertz CT molecular complexity index is 617. The quantitative estimate of drug-likeness (QED) is 0.597. The van der Waals surface area contributed by atoms with Crippen LogP contribution in [0.25, 0.3) is 0 Å². The molecule has 2 aromatic rings. The molecule has 1 atom stereocenters. The van der Waals surface area contributed by atoms with Crippen molar-refractivity contribution in [2.75, 3.05) is 0 Å². The summed E-state index contributed by atoms with van der Waals surface area (Å²) in [7, 11) is 0. The van der Waals surface area contributed by atoms with E-state index in [9.17, 15) is 9.59 Å². The number of ether oxygens (including phenoxy) is 1. The van der Waals surface area contributed by atoms with Crippen molar-refractivity contribution < 1.29 is 14.3 Å². The molecule has 1 aliphatic rings. The first kappa shape index (κ1) is 10.7. The Hall–Kier alpha value is -2.42. The molecule has 0 amide bonds. The molecule has 18 heavy (non-hydrogen) atoms. The van der Waals surface area contributed by atoms with Crippen molar-refractivity contribution in [2.24, 2.45) is 0 Å². The van der Waals surface area contributed by atoms with Gasteiger partial charge in [-0.2, -0.15) is 0 Å². The molecule has 0 bridgehead atoms. The molecule has 3 rings (SSSR count). The minimum Gasteiger partial charge on any atom is -0.445 e. The third-order valence-electron chi connectivity index (χ3n) is 2.98. The third-order valence-corrected chi connectivity index (χ3v) is 2.98. The summed E-state index contributed by atoms with van der Waals surface area (Å²) in [6.07, 6.45) is -0.809. The Balaban J connectivity index is 2.01. The van der Waals surface area contributed by atoms with E-state index in [0.29, 0.717) is 16.7 Å². The van der Waals surface area contributed by atoms with Gasteiger partial charge in [0.25, 0.3) is 0 Å². The highest BCUT2D eigenvalue weighted by Gasteiger charge is 2.35. The molecule has 0 N–H and O–H groups in total. The van der Waals surface area contributed by atoms with Crippen molar-refractivity contribution in [1.82, 2.24) is 0 Å². The number of carbonyl (C=O) groups is 2. The average molecular weight is 238 g/mol. The zero-order chi connectivity index (χ0) is 12.5. The van der Waals surface area contributed by atoms with E-state index >= 15 is 0 Å². The van der Waals surface area contributed by atoms with Crippen molar-refractivity contribution in [1.29, 1.82) is 0 Å². The molecule has 0 fully saturated rings. The number of ketones is 1. The van der Waals surface area contributed by atoms with E-state index in [-0.39, 0.29) is 5.78 Å². The summed E-state index contributed by atoms with van der Waals surface area (Å²) in [4.78, 5) is 23.9. The summed E-state index contributed by atoms with van der Waals surface area (Å²) in [6, 6.07) is 15.8. The van der Waals surface area contributed by atoms with Crippen LogP contribution in [0.1, 0.15) is 32.4 Å². The zero-order valence-electron chi connectivity index (χ0n) is 9.50. The van der Waals surface area contributed by atoms with Crippen LogP contribution >= 0.6 is 0 Å². The maximum atomic E-state index is 12.3. The summed E-state index contributed by atoms with van der Waals surface area (Å²) in [5.74, 6) is -0.617. The van der Waals surface area contributed by atoms with Gasteiger partial charge in [0.05, 0.1) is 5.56 Å². The molecule has 88 valence electrons. The first-order valence-electron chi connectivity index (χ1n) is 5.66. The molecule has 2 aromatic carbocycles. The Morgan fingerprint density at radius 1 is 0.944 bits per heavy atom. The molecule has 1 aliphatic heterocycles. The first-order chi connectivity index (χ1) is 8.77. The molecule has 0 aromatic heterocycles. The standard InChI is InChI=1S/C15H10O3/c16-13(10-6-2-1-3-7-10)14-11-8-4-5-9-12(11)15(17)18-14/h1-9,14H/t14-/m1/s1. The van der Waals surface area contributed by atoms with Crippen LogP contribution in [0.3, 0.4) is 0 Å². The molecule has 0 spiro atoms. The van der Waals surface area contributed by atoms with Gasteiger partial charge in [-0.15, -0.1) is 0 Å². The van der Waals surface area contributed by atoms with E-state index in [1.165, 1.54) is 0 Å². The van der Waals surface area contributed by atoms with Crippen molar-refractivity contribution in [3.63, 3.8) is 0 Å². The Labute approximate surface area is 104 Å². The molecule has 3 heteroatoms. The van der Waals surface area contributed by atoms with Gasteiger partial charge in [0.15, 0.2) is 6.10 Å². The lowest BCUT2D eigenvalue weighted by atomic mass is 9.98. The molecular weight excluding hydrogens is 228 g/mol. The highest BCUT2D eigenvalue weighted by atomic mass is 16.6. The molecule has 3 nitrogen and oxygen atoms in total. The van der Waals surface area contributed by atoms with Gasteiger partial charge in [-0.05, 0) is 6.07 Å². The topological polar surface area (TPSA) is 43.4 Å². The van der Waals surface area contributed by atoms with Gasteiger partial charge in [0.1, 0.15) is 0 Å². The van der Waals surface area contributed by atoms with Crippen LogP contribution in [0.2, 0.25) is 0 Å². The summed E-state index contributed by atoms with van der Waals surface area (Å²) in [5, 5.41) is 0. The Morgan fingerprint density at radius 3 is 2.39 bits per heavy atom. The number of fused-ring (bicyclic) bond motifs is 1. The first-order valence-corrected chi connectivity index (χ1v) is 5.66. The largest absolute Gasteiger partial charge is 0.445 e. The predicted molar refractivity (Wildman–Crippen MR) is 65.4 cm³/mol. The van der Waals surface area contributed by atoms with Crippen molar-refractivity contribution >= 4 is 11.8 Å². The molecule has 0 saturated heterocycles. The lowest BCUT2D eigenvalue weighted by molar-refractivity contribution is 0.0355. The van der Waals surface area contributed by atoms with E-state index in [0.717, 1.165) is 0 Å². The SMILES string of the molecule is O=C1O[C@@H](C(=O)c2ccccc2)c2ccccc21. The fourth-order valence-corrected chi connectivity index (χ4v) is 2.09. The molecule has 0 radical (unpaired) electrons. The van der Waals surface area contributed by atoms with Crippen LogP contribution in [0.5, 0.6) is 0 Å². The predicted octanol–water partition coefficient (Wildman–Crippen LogP) is 2.78. The van der Waals surface area contributed by atoms with Crippen LogP contribution in [-0.4, -0.2) is 11.8 Å². The highest BCUT2D eigenvalue weighted by Crippen LogP contribution is 2.32. The van der Waals surface area contributed by atoms with Gasteiger partial charge in [-0.25, -0.2) is 4.79 Å². The Morgan fingerprint density at radius 2 is 1.61 bits per heavy atom. The number of Topliss-reactive ketones (excluding diaryl/α,β-unsaturated/α-hetero) is 1. The van der Waals surface area contributed by atoms with E-state index in [4.69, 9.17) is 4.74 Å². The fraction of sp³-hybridized carbons (Fsp3) is 0.0667. The normalized spacial score (nSPS) is 17.1. The third kappa shape index (κ3) is 1.61. The van der Waals surface area contributed by atoms with E-state index < -0.39 is 12.1 Å². The molecule has 0 unspecified atom stereocenters. The van der Waals surface area contributed by atoms with Crippen molar-refractivity contribution in [3.05, 3.63) is 71.3 Å². The maximum absolute atomic E-state index is 12.3. The molecule has 0 saturated carbocycles. The minimum absolute atomic E-state index is 0.186. The van der Waals surface area contributed by atoms with Gasteiger partial charge in [0, 0.05) is 11.1 Å². The highest BCUT2D eigenvalue weighted by molar-refractivity contribution is 6.06. The van der Waals surface area contributed by atoms with Gasteiger partial charge in [-0.3, -0.25) is 4.79 Å². The monoisotopic (exact) mass is 238 g/mol. The summed E-state index contributed by atoms with van der Waals surface area (Å²) in [5.41, 5.74) is 1.68. The minimum atomic E-state index is -0.809. The Kier molecular flexibility index (Phi) is 2.45. The average Bonchev–Trinajstić information content (AvgIpc) is 2.77. The number of carbonyl (C=O) groups excluding carboxylic acids is 2. The lowest BCUT2D eigenvalue weighted by Crippen LogP contribution is -2.12. The van der Waals surface area contributed by atoms with E-state index in [1.54, 1.807) is 48.5 Å². The van der Waals surface area contributed by atoms with Gasteiger partial charge >= 0.3 is 5.97 Å². The lowest BCUT2D eigenvalue weighted by Gasteiger charge is -2.09. The van der Waals surface area contributed by atoms with E-state index in [2.05, 4.69) is 0 Å². The fourth-order valence-electron chi connectivity index (χ4n) is 2.09. The van der Waals surface area contributed by atoms with Crippen LogP contribution in [0.15, 0.2) is 54.6 Å². The number of rotatable bonds is 2. The van der Waals surface area contributed by atoms with Gasteiger partial charge in [0.2, 0.25) is 5.78 Å².